The van der Waals surface area contributed by atoms with Crippen LogP contribution in [0.1, 0.15) is 146 Å². The molecule has 8 rings (SSSR count). The molecule has 5 aromatic carbocycles. The molecule has 0 aliphatic carbocycles. The third-order valence-corrected chi connectivity index (χ3v) is 13.5. The Morgan fingerprint density at radius 3 is 1.49 bits per heavy atom. The second kappa shape index (κ2) is 16.0. The summed E-state index contributed by atoms with van der Waals surface area (Å²) in [7, 11) is 0. The van der Waals surface area contributed by atoms with Crippen LogP contribution in [0.4, 0.5) is 11.4 Å². The molecule has 0 bridgehead atoms. The van der Waals surface area contributed by atoms with Crippen molar-refractivity contribution in [1.29, 1.82) is 0 Å². The first-order chi connectivity index (χ1) is 30.2. The summed E-state index contributed by atoms with van der Waals surface area (Å²) >= 11 is 0. The molecule has 1 aliphatic rings. The van der Waals surface area contributed by atoms with Crippen LogP contribution in [0.15, 0.2) is 127 Å². The minimum atomic E-state index is -0.107. The van der Waals surface area contributed by atoms with Crippen LogP contribution in [0.5, 0.6) is 11.5 Å². The Labute approximate surface area is 390 Å². The second-order valence-corrected chi connectivity index (χ2v) is 23.7. The van der Waals surface area contributed by atoms with Gasteiger partial charge in [-0.3, -0.25) is 4.57 Å². The molecule has 0 saturated carbocycles. The molecule has 7 aromatic rings. The van der Waals surface area contributed by atoms with Crippen LogP contribution in [0.3, 0.4) is 0 Å². The summed E-state index contributed by atoms with van der Waals surface area (Å²) in [4.78, 5) is 9.86. The number of hydrogen-bond donors (Lipinski definition) is 0. The number of ether oxygens (including phenoxy) is 1. The molecule has 5 heteroatoms. The maximum atomic E-state index is 6.96. The zero-order chi connectivity index (χ0) is 47.2. The van der Waals surface area contributed by atoms with Crippen molar-refractivity contribution in [3.63, 3.8) is 0 Å². The predicted molar refractivity (Wildman–Crippen MR) is 279 cm³/mol. The van der Waals surface area contributed by atoms with Gasteiger partial charge in [0.1, 0.15) is 17.3 Å². The SMILES string of the molecule is CC1=C(C)N(c2cc(-c3cc(C(C)(C)C)cc(C(C)(C)C)c3)cc(C(C)(C)C)c2)CN1c1cc(Oc2ccc3c4ccccc4n(-c4cc(C(C)(C)C)ccn4)c3c2)cc(C(C)(C)C)c1. The minimum absolute atomic E-state index is 0.00648. The van der Waals surface area contributed by atoms with Crippen LogP contribution in [-0.4, -0.2) is 16.2 Å². The highest BCUT2D eigenvalue weighted by atomic mass is 16.5. The van der Waals surface area contributed by atoms with E-state index in [1.165, 1.54) is 66.8 Å². The van der Waals surface area contributed by atoms with E-state index in [0.717, 1.165) is 34.0 Å². The van der Waals surface area contributed by atoms with Gasteiger partial charge in [0.2, 0.25) is 0 Å². The molecule has 5 nitrogen and oxygen atoms in total. The summed E-state index contributed by atoms with van der Waals surface area (Å²) in [5, 5.41) is 2.36. The molecule has 1 aliphatic heterocycles. The highest BCUT2D eigenvalue weighted by Crippen LogP contribution is 2.43. The van der Waals surface area contributed by atoms with E-state index in [0.29, 0.717) is 6.67 Å². The third-order valence-electron chi connectivity index (χ3n) is 13.5. The fourth-order valence-electron chi connectivity index (χ4n) is 8.96. The molecule has 338 valence electrons. The summed E-state index contributed by atoms with van der Waals surface area (Å²) in [6, 6.07) is 40.7. The Bertz CT molecular complexity index is 2950. The Morgan fingerprint density at radius 2 is 0.923 bits per heavy atom. The molecule has 3 heterocycles. The van der Waals surface area contributed by atoms with Gasteiger partial charge in [-0.1, -0.05) is 146 Å². The monoisotopic (exact) mass is 865 g/mol. The lowest BCUT2D eigenvalue weighted by Gasteiger charge is -2.29. The van der Waals surface area contributed by atoms with Gasteiger partial charge in [-0.15, -0.1) is 0 Å². The number of pyridine rings is 1. The van der Waals surface area contributed by atoms with Gasteiger partial charge in [0.15, 0.2) is 0 Å². The number of para-hydroxylation sites is 1. The molecule has 0 radical (unpaired) electrons. The molecule has 0 saturated heterocycles. The number of fused-ring (bicyclic) bond motifs is 3. The zero-order valence-corrected chi connectivity index (χ0v) is 42.4. The second-order valence-electron chi connectivity index (χ2n) is 23.7. The van der Waals surface area contributed by atoms with Crippen molar-refractivity contribution in [2.24, 2.45) is 0 Å². The molecule has 0 atom stereocenters. The highest BCUT2D eigenvalue weighted by molar-refractivity contribution is 6.09. The maximum absolute atomic E-state index is 6.96. The number of anilines is 2. The van der Waals surface area contributed by atoms with Crippen molar-refractivity contribution in [2.75, 3.05) is 16.5 Å². The summed E-state index contributed by atoms with van der Waals surface area (Å²) in [5.41, 5.74) is 15.9. The molecule has 2 aromatic heterocycles. The number of nitrogens with zero attached hydrogens (tertiary/aromatic N) is 4. The van der Waals surface area contributed by atoms with Crippen LogP contribution < -0.4 is 14.5 Å². The number of aromatic nitrogens is 2. The molecule has 0 spiro atoms. The number of hydrogen-bond acceptors (Lipinski definition) is 4. The van der Waals surface area contributed by atoms with Crippen molar-refractivity contribution in [3.05, 3.63) is 155 Å². The fraction of sp³-hybridized carbons (Fsp3) is 0.383. The molecule has 0 unspecified atom stereocenters. The first-order valence-electron chi connectivity index (χ1n) is 23.5. The van der Waals surface area contributed by atoms with Crippen LogP contribution in [-0.2, 0) is 27.1 Å². The average molecular weight is 865 g/mol. The topological polar surface area (TPSA) is 33.5 Å². The molecule has 0 amide bonds. The smallest absolute Gasteiger partial charge is 0.137 e. The Balaban J connectivity index is 1.19. The Morgan fingerprint density at radius 1 is 0.431 bits per heavy atom. The first kappa shape index (κ1) is 45.7. The van der Waals surface area contributed by atoms with E-state index in [1.807, 2.05) is 6.20 Å². The number of benzene rings is 5. The van der Waals surface area contributed by atoms with Gasteiger partial charge >= 0.3 is 0 Å². The molecule has 65 heavy (non-hydrogen) atoms. The largest absolute Gasteiger partial charge is 0.457 e. The molecular formula is C60H72N4O. The Kier molecular flexibility index (Phi) is 11.2. The van der Waals surface area contributed by atoms with E-state index in [-0.39, 0.29) is 27.1 Å². The van der Waals surface area contributed by atoms with Crippen molar-refractivity contribution < 1.29 is 4.74 Å². The normalized spacial score (nSPS) is 14.4. The lowest BCUT2D eigenvalue weighted by Crippen LogP contribution is -2.28. The van der Waals surface area contributed by atoms with E-state index in [2.05, 4.69) is 241 Å². The fourth-order valence-corrected chi connectivity index (χ4v) is 8.96. The van der Waals surface area contributed by atoms with Gasteiger partial charge < -0.3 is 14.5 Å². The summed E-state index contributed by atoms with van der Waals surface area (Å²) in [6.45, 7) is 39.7. The highest BCUT2D eigenvalue weighted by Gasteiger charge is 2.30. The number of allylic oxidation sites excluding steroid dienone is 2. The van der Waals surface area contributed by atoms with E-state index in [9.17, 15) is 0 Å². The van der Waals surface area contributed by atoms with Crippen LogP contribution >= 0.6 is 0 Å². The molecular weight excluding hydrogens is 793 g/mol. The van der Waals surface area contributed by atoms with E-state index >= 15 is 0 Å². The van der Waals surface area contributed by atoms with Gasteiger partial charge in [0.25, 0.3) is 0 Å². The summed E-state index contributed by atoms with van der Waals surface area (Å²) in [5.74, 6) is 2.51. The standard InChI is InChI=1S/C60H72N4O/c1-38-39(2)63(37-62(38)47-29-41(28-45(31-47)59(12,13)14)40-26-43(57(6,7)8)30-44(27-40)58(9,10)11)48-32-46(60(15,16)17)33-50(35-48)65-49-22-23-52-51-20-18-19-21-53(51)64(54(52)36-49)55-34-42(24-25-61-55)56(3,4)5/h18-36H,37H2,1-17H3. The average Bonchev–Trinajstić information content (AvgIpc) is 3.71. The van der Waals surface area contributed by atoms with Gasteiger partial charge in [0, 0.05) is 51.9 Å². The summed E-state index contributed by atoms with van der Waals surface area (Å²) in [6.07, 6.45) is 1.93. The van der Waals surface area contributed by atoms with Crippen molar-refractivity contribution in [3.8, 4) is 28.4 Å². The van der Waals surface area contributed by atoms with Crippen LogP contribution in [0.25, 0.3) is 38.8 Å². The predicted octanol–water partition coefficient (Wildman–Crippen LogP) is 16.7. The minimum Gasteiger partial charge on any atom is -0.457 e. The maximum Gasteiger partial charge on any atom is 0.137 e. The lowest BCUT2D eigenvalue weighted by atomic mass is 9.78. The zero-order valence-electron chi connectivity index (χ0n) is 42.4. The molecule has 0 fully saturated rings. The quantitative estimate of drug-likeness (QED) is 0.167. The van der Waals surface area contributed by atoms with Crippen molar-refractivity contribution in [1.82, 2.24) is 9.55 Å². The van der Waals surface area contributed by atoms with Gasteiger partial charge in [-0.2, -0.15) is 0 Å². The summed E-state index contributed by atoms with van der Waals surface area (Å²) < 4.78 is 9.24. The van der Waals surface area contributed by atoms with Crippen molar-refractivity contribution in [2.45, 2.75) is 145 Å². The van der Waals surface area contributed by atoms with Gasteiger partial charge in [-0.05, 0) is 134 Å². The van der Waals surface area contributed by atoms with E-state index in [1.54, 1.807) is 0 Å². The number of rotatable bonds is 6. The van der Waals surface area contributed by atoms with E-state index in [4.69, 9.17) is 9.72 Å². The van der Waals surface area contributed by atoms with Crippen LogP contribution in [0, 0.1) is 0 Å². The van der Waals surface area contributed by atoms with Gasteiger partial charge in [-0.25, -0.2) is 4.98 Å². The van der Waals surface area contributed by atoms with E-state index < -0.39 is 0 Å². The lowest BCUT2D eigenvalue weighted by molar-refractivity contribution is 0.479. The van der Waals surface area contributed by atoms with Gasteiger partial charge in [0.05, 0.1) is 17.7 Å². The first-order valence-corrected chi connectivity index (χ1v) is 23.5. The Hall–Kier alpha value is -5.81. The van der Waals surface area contributed by atoms with Crippen LogP contribution in [0.2, 0.25) is 0 Å². The molecule has 0 N–H and O–H groups in total. The third kappa shape index (κ3) is 9.09. The van der Waals surface area contributed by atoms with Crippen molar-refractivity contribution >= 4 is 33.2 Å².